The van der Waals surface area contributed by atoms with Gasteiger partial charge in [-0.2, -0.15) is 0 Å². The monoisotopic (exact) mass is 470 g/mol. The molecule has 0 aromatic heterocycles. The van der Waals surface area contributed by atoms with E-state index in [0.29, 0.717) is 0 Å². The molecular formula is C21H18N4O7S. The molecule has 0 heterocycles. The van der Waals surface area contributed by atoms with Gasteiger partial charge in [0.25, 0.3) is 21.4 Å². The Balaban J connectivity index is 2.00. The normalized spacial score (nSPS) is 10.9. The van der Waals surface area contributed by atoms with Crippen molar-refractivity contribution in [2.45, 2.75) is 11.8 Å². The number of benzene rings is 3. The molecule has 12 heteroatoms. The van der Waals surface area contributed by atoms with E-state index in [1.807, 2.05) is 0 Å². The molecule has 11 nitrogen and oxygen atoms in total. The molecule has 0 fully saturated rings. The molecule has 3 aromatic rings. The second-order valence-corrected chi connectivity index (χ2v) is 8.66. The number of carbonyl (C=O) groups is 1. The van der Waals surface area contributed by atoms with Crippen LogP contribution in [0.3, 0.4) is 0 Å². The maximum Gasteiger partial charge on any atom is 0.289 e. The number of amides is 1. The van der Waals surface area contributed by atoms with E-state index in [1.54, 1.807) is 18.2 Å². The zero-order valence-electron chi connectivity index (χ0n) is 17.2. The lowest BCUT2D eigenvalue weighted by molar-refractivity contribution is -0.387. The van der Waals surface area contributed by atoms with Crippen LogP contribution in [-0.4, -0.2) is 30.7 Å². The number of rotatable bonds is 8. The van der Waals surface area contributed by atoms with Gasteiger partial charge in [0, 0.05) is 12.1 Å². The van der Waals surface area contributed by atoms with Crippen molar-refractivity contribution in [2.24, 2.45) is 0 Å². The van der Waals surface area contributed by atoms with Crippen molar-refractivity contribution in [3.8, 4) is 0 Å². The fourth-order valence-corrected chi connectivity index (χ4v) is 4.71. The summed E-state index contributed by atoms with van der Waals surface area (Å²) in [4.78, 5) is 33.4. The van der Waals surface area contributed by atoms with Crippen LogP contribution in [0.1, 0.15) is 5.56 Å². The Morgan fingerprint density at radius 3 is 2.09 bits per heavy atom. The Morgan fingerprint density at radius 2 is 1.45 bits per heavy atom. The largest absolute Gasteiger partial charge is 0.324 e. The number of nitrogens with zero attached hydrogens (tertiary/aromatic N) is 3. The van der Waals surface area contributed by atoms with E-state index in [-0.39, 0.29) is 22.6 Å². The molecule has 0 saturated heterocycles. The van der Waals surface area contributed by atoms with Gasteiger partial charge in [0.1, 0.15) is 6.54 Å². The molecule has 0 atom stereocenters. The highest BCUT2D eigenvalue weighted by atomic mass is 32.2. The Morgan fingerprint density at radius 1 is 0.879 bits per heavy atom. The van der Waals surface area contributed by atoms with Gasteiger partial charge in [-0.25, -0.2) is 8.42 Å². The van der Waals surface area contributed by atoms with E-state index in [2.05, 4.69) is 5.32 Å². The van der Waals surface area contributed by atoms with Crippen molar-refractivity contribution >= 4 is 38.7 Å². The number of hydrogen-bond acceptors (Lipinski definition) is 7. The molecule has 170 valence electrons. The highest BCUT2D eigenvalue weighted by molar-refractivity contribution is 7.93. The second-order valence-electron chi connectivity index (χ2n) is 6.83. The minimum absolute atomic E-state index is 0.113. The molecule has 0 aliphatic carbocycles. The van der Waals surface area contributed by atoms with Crippen LogP contribution >= 0.6 is 0 Å². The predicted molar refractivity (Wildman–Crippen MR) is 121 cm³/mol. The molecule has 1 amide bonds. The Labute approximate surface area is 188 Å². The van der Waals surface area contributed by atoms with Crippen molar-refractivity contribution in [1.82, 2.24) is 0 Å². The molecule has 3 rings (SSSR count). The number of nitro groups is 2. The molecule has 0 aliphatic heterocycles. The summed E-state index contributed by atoms with van der Waals surface area (Å²) in [6.45, 7) is 0.729. The number of nitro benzene ring substituents is 2. The van der Waals surface area contributed by atoms with Crippen molar-refractivity contribution in [2.75, 3.05) is 16.2 Å². The number of nitrogens with one attached hydrogen (secondary N) is 1. The fraction of sp³-hybridized carbons (Fsp3) is 0.0952. The first kappa shape index (κ1) is 23.3. The molecule has 0 aliphatic rings. The first-order valence-electron chi connectivity index (χ1n) is 9.48. The number of anilines is 2. The summed E-state index contributed by atoms with van der Waals surface area (Å²) in [5, 5.41) is 25.0. The van der Waals surface area contributed by atoms with Gasteiger partial charge in [-0.05, 0) is 31.2 Å². The van der Waals surface area contributed by atoms with Crippen LogP contribution in [-0.2, 0) is 14.8 Å². The average molecular weight is 470 g/mol. The molecule has 0 unspecified atom stereocenters. The van der Waals surface area contributed by atoms with Crippen molar-refractivity contribution in [3.63, 3.8) is 0 Å². The van der Waals surface area contributed by atoms with Crippen molar-refractivity contribution < 1.29 is 23.1 Å². The minimum atomic E-state index is -4.53. The molecular weight excluding hydrogens is 452 g/mol. The van der Waals surface area contributed by atoms with E-state index >= 15 is 0 Å². The average Bonchev–Trinajstić information content (AvgIpc) is 2.79. The predicted octanol–water partition coefficient (Wildman–Crippen LogP) is 3.65. The maximum absolute atomic E-state index is 13.4. The lowest BCUT2D eigenvalue weighted by Gasteiger charge is -2.24. The third kappa shape index (κ3) is 4.96. The summed E-state index contributed by atoms with van der Waals surface area (Å²) in [6, 6.07) is 16.6. The lowest BCUT2D eigenvalue weighted by Crippen LogP contribution is -2.38. The zero-order chi connectivity index (χ0) is 24.2. The van der Waals surface area contributed by atoms with Gasteiger partial charge in [0.05, 0.1) is 26.8 Å². The van der Waals surface area contributed by atoms with Gasteiger partial charge in [0.15, 0.2) is 4.90 Å². The van der Waals surface area contributed by atoms with Crippen LogP contribution in [0.4, 0.5) is 22.7 Å². The summed E-state index contributed by atoms with van der Waals surface area (Å²) < 4.78 is 27.6. The third-order valence-corrected chi connectivity index (χ3v) is 6.56. The lowest BCUT2D eigenvalue weighted by atomic mass is 10.1. The number of carbonyl (C=O) groups excluding carboxylic acids is 1. The summed E-state index contributed by atoms with van der Waals surface area (Å²) in [5.74, 6) is -0.787. The van der Waals surface area contributed by atoms with Crippen LogP contribution in [0.5, 0.6) is 0 Å². The van der Waals surface area contributed by atoms with Crippen molar-refractivity contribution in [1.29, 1.82) is 0 Å². The third-order valence-electron chi connectivity index (χ3n) is 4.74. The Kier molecular flexibility index (Phi) is 6.68. The molecule has 33 heavy (non-hydrogen) atoms. The molecule has 0 radical (unpaired) electrons. The van der Waals surface area contributed by atoms with E-state index in [9.17, 15) is 33.4 Å². The van der Waals surface area contributed by atoms with Crippen LogP contribution < -0.4 is 9.62 Å². The molecule has 3 aromatic carbocycles. The summed E-state index contributed by atoms with van der Waals surface area (Å²) >= 11 is 0. The summed E-state index contributed by atoms with van der Waals surface area (Å²) in [6.07, 6.45) is 0. The summed E-state index contributed by atoms with van der Waals surface area (Å²) in [7, 11) is -4.53. The highest BCUT2D eigenvalue weighted by Gasteiger charge is 2.33. The van der Waals surface area contributed by atoms with E-state index in [1.165, 1.54) is 49.4 Å². The van der Waals surface area contributed by atoms with Crippen LogP contribution in [0, 0.1) is 27.2 Å². The van der Waals surface area contributed by atoms with Crippen molar-refractivity contribution in [3.05, 3.63) is 98.6 Å². The second kappa shape index (κ2) is 9.44. The quantitative estimate of drug-likeness (QED) is 0.389. The van der Waals surface area contributed by atoms with Gasteiger partial charge in [0.2, 0.25) is 5.91 Å². The molecule has 1 N–H and O–H groups in total. The van der Waals surface area contributed by atoms with Gasteiger partial charge < -0.3 is 5.32 Å². The minimum Gasteiger partial charge on any atom is -0.324 e. The first-order valence-corrected chi connectivity index (χ1v) is 10.9. The van der Waals surface area contributed by atoms with E-state index in [4.69, 9.17) is 0 Å². The smallest absolute Gasteiger partial charge is 0.289 e. The summed E-state index contributed by atoms with van der Waals surface area (Å²) in [5.41, 5.74) is -0.385. The van der Waals surface area contributed by atoms with Gasteiger partial charge in [-0.15, -0.1) is 0 Å². The van der Waals surface area contributed by atoms with Crippen LogP contribution in [0.15, 0.2) is 77.7 Å². The van der Waals surface area contributed by atoms with Gasteiger partial charge in [-0.3, -0.25) is 29.3 Å². The molecule has 0 spiro atoms. The maximum atomic E-state index is 13.4. The first-order chi connectivity index (χ1) is 15.6. The molecule has 0 saturated carbocycles. The highest BCUT2D eigenvalue weighted by Crippen LogP contribution is 2.30. The standard InChI is InChI=1S/C21H18N4O7S/c1-15-17(10-7-12-18(15)24(27)28)22-21(26)14-23(16-8-3-2-4-9-16)33(31,32)20-13-6-5-11-19(20)25(29)30/h2-13H,14H2,1H3,(H,22,26). The Bertz CT molecular complexity index is 1330. The van der Waals surface area contributed by atoms with E-state index < -0.39 is 42.9 Å². The number of hydrogen-bond donors (Lipinski definition) is 1. The fourth-order valence-electron chi connectivity index (χ4n) is 3.13. The zero-order valence-corrected chi connectivity index (χ0v) is 18.1. The number of para-hydroxylation sites is 2. The van der Waals surface area contributed by atoms with Gasteiger partial charge in [-0.1, -0.05) is 36.4 Å². The van der Waals surface area contributed by atoms with E-state index in [0.717, 1.165) is 16.4 Å². The molecule has 0 bridgehead atoms. The van der Waals surface area contributed by atoms with Gasteiger partial charge >= 0.3 is 0 Å². The van der Waals surface area contributed by atoms with Crippen LogP contribution in [0.2, 0.25) is 0 Å². The SMILES string of the molecule is Cc1c(NC(=O)CN(c2ccccc2)S(=O)(=O)c2ccccc2[N+](=O)[O-])cccc1[N+](=O)[O-]. The van der Waals surface area contributed by atoms with Crippen LogP contribution in [0.25, 0.3) is 0 Å². The Hall–Kier alpha value is -4.32. The number of sulfonamides is 1. The topological polar surface area (TPSA) is 153 Å².